The zero-order valence-electron chi connectivity index (χ0n) is 13.1. The van der Waals surface area contributed by atoms with Gasteiger partial charge in [0.25, 0.3) is 0 Å². The van der Waals surface area contributed by atoms with Crippen LogP contribution in [0.15, 0.2) is 30.5 Å². The summed E-state index contributed by atoms with van der Waals surface area (Å²) in [5, 5.41) is 6.40. The molecule has 0 radical (unpaired) electrons. The maximum atomic E-state index is 12.5. The van der Waals surface area contributed by atoms with E-state index in [0.717, 1.165) is 42.0 Å². The van der Waals surface area contributed by atoms with E-state index >= 15 is 0 Å². The predicted octanol–water partition coefficient (Wildman–Crippen LogP) is 3.87. The molecule has 1 atom stereocenters. The van der Waals surface area contributed by atoms with Crippen molar-refractivity contribution < 1.29 is 18.0 Å². The maximum absolute atomic E-state index is 12.5. The molecule has 136 valence electrons. The molecular formula is C16H17ClF3N3OS. The molecular weight excluding hydrogens is 375 g/mol. The van der Waals surface area contributed by atoms with Gasteiger partial charge >= 0.3 is 6.18 Å². The van der Waals surface area contributed by atoms with E-state index in [1.54, 1.807) is 6.20 Å². The van der Waals surface area contributed by atoms with E-state index in [2.05, 4.69) is 15.6 Å². The molecule has 1 amide bonds. The van der Waals surface area contributed by atoms with Gasteiger partial charge in [0.15, 0.2) is 5.13 Å². The van der Waals surface area contributed by atoms with Gasteiger partial charge < -0.3 is 10.6 Å². The quantitative estimate of drug-likeness (QED) is 0.832. The number of aromatic nitrogens is 1. The summed E-state index contributed by atoms with van der Waals surface area (Å²) in [6.45, 7) is 0.842. The number of thiazole rings is 1. The number of halogens is 4. The van der Waals surface area contributed by atoms with Crippen LogP contribution in [0.1, 0.15) is 28.8 Å². The Morgan fingerprint density at radius 3 is 2.64 bits per heavy atom. The normalized spacial score (nSPS) is 17.2. The van der Waals surface area contributed by atoms with Crippen LogP contribution in [-0.4, -0.2) is 23.5 Å². The number of nitrogens with one attached hydrogen (secondary N) is 2. The van der Waals surface area contributed by atoms with Gasteiger partial charge in [0.2, 0.25) is 5.91 Å². The lowest BCUT2D eigenvalue weighted by atomic mass is 10.1. The van der Waals surface area contributed by atoms with E-state index in [0.29, 0.717) is 11.6 Å². The van der Waals surface area contributed by atoms with E-state index in [-0.39, 0.29) is 24.4 Å². The number of alkyl halides is 3. The first-order valence-corrected chi connectivity index (χ1v) is 8.38. The SMILES string of the molecule is Cl.O=C(Nc1ncc(Cc2ccc(C(F)(F)F)cc2)s1)C1CCCN1. The van der Waals surface area contributed by atoms with Gasteiger partial charge in [0, 0.05) is 17.5 Å². The highest BCUT2D eigenvalue weighted by Crippen LogP contribution is 2.30. The lowest BCUT2D eigenvalue weighted by Gasteiger charge is -2.08. The molecule has 1 aliphatic heterocycles. The summed E-state index contributed by atoms with van der Waals surface area (Å²) in [5.41, 5.74) is 0.106. The lowest BCUT2D eigenvalue weighted by molar-refractivity contribution is -0.137. The molecule has 2 N–H and O–H groups in total. The number of carbonyl (C=O) groups is 1. The van der Waals surface area contributed by atoms with Crippen LogP contribution in [0, 0.1) is 0 Å². The Balaban J connectivity index is 0.00000225. The van der Waals surface area contributed by atoms with E-state index in [9.17, 15) is 18.0 Å². The Morgan fingerprint density at radius 1 is 1.32 bits per heavy atom. The summed E-state index contributed by atoms with van der Waals surface area (Å²) in [6, 6.07) is 4.90. The van der Waals surface area contributed by atoms with Crippen LogP contribution in [0.3, 0.4) is 0 Å². The minimum atomic E-state index is -4.32. The summed E-state index contributed by atoms with van der Waals surface area (Å²) in [7, 11) is 0. The Labute approximate surface area is 153 Å². The van der Waals surface area contributed by atoms with Gasteiger partial charge in [-0.1, -0.05) is 12.1 Å². The van der Waals surface area contributed by atoms with Crippen molar-refractivity contribution in [2.24, 2.45) is 0 Å². The van der Waals surface area contributed by atoms with Gasteiger partial charge in [-0.2, -0.15) is 13.2 Å². The number of anilines is 1. The van der Waals surface area contributed by atoms with Crippen molar-refractivity contribution in [2.75, 3.05) is 11.9 Å². The Morgan fingerprint density at radius 2 is 2.04 bits per heavy atom. The van der Waals surface area contributed by atoms with Crippen molar-refractivity contribution in [3.8, 4) is 0 Å². The number of amides is 1. The minimum Gasteiger partial charge on any atom is -0.306 e. The number of carbonyl (C=O) groups excluding carboxylic acids is 1. The number of hydrogen-bond acceptors (Lipinski definition) is 4. The van der Waals surface area contributed by atoms with E-state index in [4.69, 9.17) is 0 Å². The van der Waals surface area contributed by atoms with Crippen molar-refractivity contribution in [1.29, 1.82) is 0 Å². The van der Waals surface area contributed by atoms with Gasteiger partial charge in [0.1, 0.15) is 0 Å². The van der Waals surface area contributed by atoms with Gasteiger partial charge in [0.05, 0.1) is 11.6 Å². The van der Waals surface area contributed by atoms with Crippen LogP contribution in [0.25, 0.3) is 0 Å². The van der Waals surface area contributed by atoms with E-state index in [1.807, 2.05) is 0 Å². The molecule has 25 heavy (non-hydrogen) atoms. The molecule has 9 heteroatoms. The number of nitrogens with zero attached hydrogens (tertiary/aromatic N) is 1. The number of rotatable bonds is 4. The molecule has 0 saturated carbocycles. The first-order valence-electron chi connectivity index (χ1n) is 7.57. The average molecular weight is 392 g/mol. The molecule has 1 aromatic heterocycles. The second-order valence-corrected chi connectivity index (χ2v) is 6.76. The fourth-order valence-electron chi connectivity index (χ4n) is 2.56. The molecule has 1 aromatic carbocycles. The molecule has 2 heterocycles. The van der Waals surface area contributed by atoms with Crippen LogP contribution < -0.4 is 10.6 Å². The third-order valence-corrected chi connectivity index (χ3v) is 4.73. The van der Waals surface area contributed by atoms with Gasteiger partial charge in [-0.3, -0.25) is 4.79 Å². The summed E-state index contributed by atoms with van der Waals surface area (Å²) < 4.78 is 37.6. The largest absolute Gasteiger partial charge is 0.416 e. The van der Waals surface area contributed by atoms with Crippen molar-refractivity contribution in [1.82, 2.24) is 10.3 Å². The second-order valence-electron chi connectivity index (χ2n) is 5.64. The van der Waals surface area contributed by atoms with Crippen molar-refractivity contribution in [3.63, 3.8) is 0 Å². The Hall–Kier alpha value is -1.64. The summed E-state index contributed by atoms with van der Waals surface area (Å²) in [5.74, 6) is -0.0945. The average Bonchev–Trinajstić information content (AvgIpc) is 3.19. The first-order chi connectivity index (χ1) is 11.4. The highest BCUT2D eigenvalue weighted by Gasteiger charge is 2.30. The second kappa shape index (κ2) is 8.16. The standard InChI is InChI=1S/C16H16F3N3OS.ClH/c17-16(18,19)11-5-3-10(4-6-11)8-12-9-21-15(24-12)22-14(23)13-2-1-7-20-13;/h3-6,9,13,20H,1-2,7-8H2,(H,21,22,23);1H. The molecule has 3 rings (SSSR count). The van der Waals surface area contributed by atoms with Gasteiger partial charge in [-0.15, -0.1) is 23.7 Å². The first kappa shape index (κ1) is 19.7. The molecule has 4 nitrogen and oxygen atoms in total. The number of benzene rings is 1. The highest BCUT2D eigenvalue weighted by molar-refractivity contribution is 7.15. The smallest absolute Gasteiger partial charge is 0.306 e. The van der Waals surface area contributed by atoms with Crippen LogP contribution in [0.5, 0.6) is 0 Å². The zero-order chi connectivity index (χ0) is 17.2. The highest BCUT2D eigenvalue weighted by atomic mass is 35.5. The van der Waals surface area contributed by atoms with Gasteiger partial charge in [-0.25, -0.2) is 4.98 Å². The molecule has 0 spiro atoms. The molecule has 0 bridgehead atoms. The summed E-state index contributed by atoms with van der Waals surface area (Å²) in [6.07, 6.45) is -0.410. The third kappa shape index (κ3) is 5.17. The van der Waals surface area contributed by atoms with Crippen molar-refractivity contribution >= 4 is 34.8 Å². The summed E-state index contributed by atoms with van der Waals surface area (Å²) in [4.78, 5) is 17.0. The fraction of sp³-hybridized carbons (Fsp3) is 0.375. The summed E-state index contributed by atoms with van der Waals surface area (Å²) >= 11 is 1.33. The predicted molar refractivity (Wildman–Crippen MR) is 93.3 cm³/mol. The van der Waals surface area contributed by atoms with Crippen LogP contribution in [-0.2, 0) is 17.4 Å². The Kier molecular flexibility index (Phi) is 6.42. The zero-order valence-corrected chi connectivity index (χ0v) is 14.7. The molecule has 0 aliphatic carbocycles. The lowest BCUT2D eigenvalue weighted by Crippen LogP contribution is -2.35. The van der Waals surface area contributed by atoms with Crippen LogP contribution >= 0.6 is 23.7 Å². The van der Waals surface area contributed by atoms with E-state index in [1.165, 1.54) is 23.5 Å². The van der Waals surface area contributed by atoms with Crippen LogP contribution in [0.2, 0.25) is 0 Å². The maximum Gasteiger partial charge on any atom is 0.416 e. The Bertz CT molecular complexity index is 712. The molecule has 1 saturated heterocycles. The topological polar surface area (TPSA) is 54.0 Å². The molecule has 2 aromatic rings. The molecule has 1 aliphatic rings. The third-order valence-electron chi connectivity index (χ3n) is 3.82. The fourth-order valence-corrected chi connectivity index (χ4v) is 3.41. The van der Waals surface area contributed by atoms with Crippen molar-refractivity contribution in [2.45, 2.75) is 31.5 Å². The minimum absolute atomic E-state index is 0. The van der Waals surface area contributed by atoms with Crippen molar-refractivity contribution in [3.05, 3.63) is 46.5 Å². The molecule has 1 fully saturated rings. The monoisotopic (exact) mass is 391 g/mol. The van der Waals surface area contributed by atoms with Crippen LogP contribution in [0.4, 0.5) is 18.3 Å². The van der Waals surface area contributed by atoms with Gasteiger partial charge in [-0.05, 0) is 37.1 Å². The number of hydrogen-bond donors (Lipinski definition) is 2. The molecule has 1 unspecified atom stereocenters. The van der Waals surface area contributed by atoms with E-state index < -0.39 is 11.7 Å².